The maximum Gasteiger partial charge on any atom is 0.315 e. The summed E-state index contributed by atoms with van der Waals surface area (Å²) in [5.41, 5.74) is 0. The van der Waals surface area contributed by atoms with Crippen LogP contribution in [0, 0.1) is 0 Å². The standard InChI is InChI=1S/C24H34N4O8S2/c29-17(7-3-1-5-15-21-13(11-37-15)25-23(33)27-21)35-19(31)9-10-20(32)36-18(30)8-4-2-6-16-22-14(12-38-16)26-24(34)28-22/h13-16,21-22H,1-12H2,(H2,25,27,33)(H2,26,28,34)/t13-,14-,15-,16-,21-,22-/m0/s1. The topological polar surface area (TPSA) is 169 Å². The smallest absolute Gasteiger partial charge is 0.315 e. The number of amides is 4. The Morgan fingerprint density at radius 2 is 1.00 bits per heavy atom. The highest BCUT2D eigenvalue weighted by Gasteiger charge is 2.43. The van der Waals surface area contributed by atoms with E-state index in [1.54, 1.807) is 23.5 Å². The van der Waals surface area contributed by atoms with Gasteiger partial charge < -0.3 is 30.7 Å². The van der Waals surface area contributed by atoms with E-state index in [0.29, 0.717) is 23.3 Å². The zero-order valence-electron chi connectivity index (χ0n) is 21.0. The molecule has 12 nitrogen and oxygen atoms in total. The van der Waals surface area contributed by atoms with Crippen molar-refractivity contribution in [3.63, 3.8) is 0 Å². The van der Waals surface area contributed by atoms with E-state index in [-0.39, 0.29) is 61.9 Å². The summed E-state index contributed by atoms with van der Waals surface area (Å²) in [6.45, 7) is 0. The maximum atomic E-state index is 11.9. The molecule has 4 rings (SSSR count). The molecule has 0 aromatic carbocycles. The van der Waals surface area contributed by atoms with Crippen molar-refractivity contribution >= 4 is 59.5 Å². The van der Waals surface area contributed by atoms with Crippen LogP contribution in [-0.2, 0) is 28.7 Å². The molecule has 4 amide bonds. The Kier molecular flexibility index (Phi) is 10.2. The predicted octanol–water partition coefficient (Wildman–Crippen LogP) is 1.36. The van der Waals surface area contributed by atoms with Crippen molar-refractivity contribution in [3.05, 3.63) is 0 Å². The lowest BCUT2D eigenvalue weighted by atomic mass is 10.0. The quantitative estimate of drug-likeness (QED) is 0.110. The summed E-state index contributed by atoms with van der Waals surface area (Å²) in [6.07, 6.45) is 3.86. The van der Waals surface area contributed by atoms with Crippen LogP contribution < -0.4 is 21.3 Å². The van der Waals surface area contributed by atoms with Gasteiger partial charge >= 0.3 is 35.9 Å². The molecule has 38 heavy (non-hydrogen) atoms. The van der Waals surface area contributed by atoms with Crippen LogP contribution in [0.15, 0.2) is 0 Å². The van der Waals surface area contributed by atoms with Gasteiger partial charge in [-0.2, -0.15) is 23.5 Å². The zero-order chi connectivity index (χ0) is 27.1. The molecule has 6 atom stereocenters. The van der Waals surface area contributed by atoms with Gasteiger partial charge in [-0.15, -0.1) is 0 Å². The zero-order valence-corrected chi connectivity index (χ0v) is 22.7. The van der Waals surface area contributed by atoms with E-state index in [2.05, 4.69) is 21.3 Å². The first-order chi connectivity index (χ1) is 18.3. The number of nitrogens with one attached hydrogen (secondary N) is 4. The fourth-order valence-electron chi connectivity index (χ4n) is 5.18. The Balaban J connectivity index is 0.990. The van der Waals surface area contributed by atoms with Crippen LogP contribution in [-0.4, -0.2) is 82.1 Å². The molecular formula is C24H34N4O8S2. The molecule has 0 bridgehead atoms. The number of urea groups is 2. The van der Waals surface area contributed by atoms with Gasteiger partial charge in [-0.1, -0.05) is 12.8 Å². The van der Waals surface area contributed by atoms with Crippen molar-refractivity contribution in [2.75, 3.05) is 11.5 Å². The second-order valence-electron chi connectivity index (χ2n) is 9.93. The van der Waals surface area contributed by atoms with E-state index in [9.17, 15) is 28.8 Å². The lowest BCUT2D eigenvalue weighted by molar-refractivity contribution is -0.165. The molecule has 4 saturated heterocycles. The number of fused-ring (bicyclic) bond motifs is 2. The highest BCUT2D eigenvalue weighted by Crippen LogP contribution is 2.34. The molecule has 14 heteroatoms. The van der Waals surface area contributed by atoms with Crippen molar-refractivity contribution in [2.45, 2.75) is 98.9 Å². The lowest BCUT2D eigenvalue weighted by Gasteiger charge is -2.16. The second-order valence-corrected chi connectivity index (χ2v) is 12.5. The number of hydrogen-bond acceptors (Lipinski definition) is 10. The molecule has 4 aliphatic rings. The monoisotopic (exact) mass is 570 g/mol. The van der Waals surface area contributed by atoms with E-state index in [0.717, 1.165) is 37.2 Å². The fourth-order valence-corrected chi connectivity index (χ4v) is 8.27. The maximum absolute atomic E-state index is 11.9. The minimum Gasteiger partial charge on any atom is -0.393 e. The summed E-state index contributed by atoms with van der Waals surface area (Å²) < 4.78 is 9.50. The molecule has 0 aromatic heterocycles. The van der Waals surface area contributed by atoms with Gasteiger partial charge in [0.25, 0.3) is 0 Å². The predicted molar refractivity (Wildman–Crippen MR) is 139 cm³/mol. The third-order valence-corrected chi connectivity index (χ3v) is 10.1. The van der Waals surface area contributed by atoms with Crippen molar-refractivity contribution < 1.29 is 38.2 Å². The molecule has 4 fully saturated rings. The molecule has 210 valence electrons. The first-order valence-corrected chi connectivity index (χ1v) is 15.2. The Morgan fingerprint density at radius 1 is 0.605 bits per heavy atom. The number of hydrogen-bond donors (Lipinski definition) is 4. The molecule has 0 spiro atoms. The van der Waals surface area contributed by atoms with Crippen LogP contribution in [0.4, 0.5) is 9.59 Å². The van der Waals surface area contributed by atoms with Crippen molar-refractivity contribution in [1.29, 1.82) is 0 Å². The number of ether oxygens (including phenoxy) is 2. The van der Waals surface area contributed by atoms with Crippen LogP contribution in [0.1, 0.15) is 64.2 Å². The normalized spacial score (nSPS) is 28.9. The number of carbonyl (C=O) groups is 6. The van der Waals surface area contributed by atoms with E-state index in [1.807, 2.05) is 0 Å². The summed E-state index contributed by atoms with van der Waals surface area (Å²) in [6, 6.07) is 0.290. The molecule has 0 aliphatic carbocycles. The highest BCUT2D eigenvalue weighted by molar-refractivity contribution is 8.00. The Bertz CT molecular complexity index is 876. The Labute approximate surface area is 229 Å². The minimum absolute atomic E-state index is 0.0917. The van der Waals surface area contributed by atoms with E-state index in [1.165, 1.54) is 0 Å². The fraction of sp³-hybridized carbons (Fsp3) is 0.750. The summed E-state index contributed by atoms with van der Waals surface area (Å²) >= 11 is 3.60. The van der Waals surface area contributed by atoms with Crippen molar-refractivity contribution in [2.24, 2.45) is 0 Å². The number of esters is 4. The molecule has 4 N–H and O–H groups in total. The van der Waals surface area contributed by atoms with Gasteiger partial charge in [0, 0.05) is 34.8 Å². The van der Waals surface area contributed by atoms with Gasteiger partial charge in [0.1, 0.15) is 0 Å². The molecular weight excluding hydrogens is 536 g/mol. The van der Waals surface area contributed by atoms with E-state index >= 15 is 0 Å². The highest BCUT2D eigenvalue weighted by atomic mass is 32.2. The van der Waals surface area contributed by atoms with Gasteiger partial charge in [-0.05, 0) is 25.7 Å². The van der Waals surface area contributed by atoms with Crippen molar-refractivity contribution in [1.82, 2.24) is 21.3 Å². The number of unbranched alkanes of at least 4 members (excludes halogenated alkanes) is 2. The first-order valence-electron chi connectivity index (χ1n) is 13.1. The minimum atomic E-state index is -0.825. The molecule has 0 radical (unpaired) electrons. The molecule has 4 aliphatic heterocycles. The van der Waals surface area contributed by atoms with Crippen molar-refractivity contribution in [3.8, 4) is 0 Å². The van der Waals surface area contributed by atoms with Crippen LogP contribution in [0.2, 0.25) is 0 Å². The average molecular weight is 571 g/mol. The molecule has 4 heterocycles. The third kappa shape index (κ3) is 8.01. The Morgan fingerprint density at radius 3 is 1.42 bits per heavy atom. The lowest BCUT2D eigenvalue weighted by Crippen LogP contribution is -2.36. The van der Waals surface area contributed by atoms with Crippen LogP contribution in [0.25, 0.3) is 0 Å². The molecule has 0 saturated carbocycles. The Hall–Kier alpha value is -2.48. The van der Waals surface area contributed by atoms with Crippen LogP contribution in [0.3, 0.4) is 0 Å². The van der Waals surface area contributed by atoms with Gasteiger partial charge in [-0.25, -0.2) is 9.59 Å². The van der Waals surface area contributed by atoms with Gasteiger partial charge in [0.2, 0.25) is 0 Å². The molecule has 0 aromatic rings. The average Bonchev–Trinajstić information content (AvgIpc) is 3.60. The van der Waals surface area contributed by atoms with Gasteiger partial charge in [-0.3, -0.25) is 19.2 Å². The summed E-state index contributed by atoms with van der Waals surface area (Å²) in [4.78, 5) is 70.4. The second kappa shape index (κ2) is 13.5. The SMILES string of the molecule is O=C1N[C@H]2[C@H](CS[C@H]2CCCCC(=O)OC(=O)CCC(=O)OC(=O)CCCC[C@@H]2SC[C@@H]3NC(=O)N[C@@H]32)N1. The van der Waals surface area contributed by atoms with Crippen LogP contribution in [0.5, 0.6) is 0 Å². The van der Waals surface area contributed by atoms with Gasteiger partial charge in [0.05, 0.1) is 37.0 Å². The molecule has 0 unspecified atom stereocenters. The summed E-state index contributed by atoms with van der Waals surface area (Å²) in [5, 5.41) is 12.2. The largest absolute Gasteiger partial charge is 0.393 e. The number of rotatable bonds is 13. The third-order valence-electron chi connectivity index (χ3n) is 7.10. The number of thioether (sulfide) groups is 2. The van der Waals surface area contributed by atoms with E-state index in [4.69, 9.17) is 9.47 Å². The van der Waals surface area contributed by atoms with Gasteiger partial charge in [0.15, 0.2) is 0 Å². The number of carbonyl (C=O) groups excluding carboxylic acids is 6. The first kappa shape index (κ1) is 28.5. The van der Waals surface area contributed by atoms with E-state index < -0.39 is 23.9 Å². The van der Waals surface area contributed by atoms with Crippen LogP contribution >= 0.6 is 23.5 Å². The summed E-state index contributed by atoms with van der Waals surface area (Å²) in [5.74, 6) is -1.19. The summed E-state index contributed by atoms with van der Waals surface area (Å²) in [7, 11) is 0.